The zero-order valence-corrected chi connectivity index (χ0v) is 16.9. The lowest BCUT2D eigenvalue weighted by atomic mass is 10.1. The molecular formula is C21H24ClN3O4. The number of para-hydroxylation sites is 1. The predicted octanol–water partition coefficient (Wildman–Crippen LogP) is 2.36. The summed E-state index contributed by atoms with van der Waals surface area (Å²) >= 11 is 5.96. The Hall–Kier alpha value is -3.06. The molecule has 0 aliphatic heterocycles. The van der Waals surface area contributed by atoms with Crippen molar-refractivity contribution >= 4 is 35.1 Å². The molecule has 0 aromatic heterocycles. The molecule has 0 bridgehead atoms. The number of carboxylic acid groups (broad SMARTS) is 1. The monoisotopic (exact) mass is 417 g/mol. The molecule has 0 radical (unpaired) electrons. The van der Waals surface area contributed by atoms with Crippen molar-refractivity contribution < 1.29 is 19.5 Å². The van der Waals surface area contributed by atoms with Gasteiger partial charge in [-0.3, -0.25) is 14.4 Å². The number of halogens is 1. The van der Waals surface area contributed by atoms with Gasteiger partial charge in [-0.1, -0.05) is 41.9 Å². The van der Waals surface area contributed by atoms with Crippen LogP contribution in [0.25, 0.3) is 0 Å². The molecule has 2 amide bonds. The van der Waals surface area contributed by atoms with E-state index in [0.29, 0.717) is 11.6 Å². The maximum absolute atomic E-state index is 12.5. The van der Waals surface area contributed by atoms with Crippen LogP contribution in [-0.4, -0.2) is 42.5 Å². The van der Waals surface area contributed by atoms with Gasteiger partial charge < -0.3 is 20.6 Å². The largest absolute Gasteiger partial charge is 0.481 e. The molecule has 7 nitrogen and oxygen atoms in total. The minimum absolute atomic E-state index is 0.0161. The minimum atomic E-state index is -0.985. The normalized spacial score (nSPS) is 10.3. The Bertz CT molecular complexity index is 873. The Kier molecular flexibility index (Phi) is 8.48. The van der Waals surface area contributed by atoms with Gasteiger partial charge in [0.25, 0.3) is 0 Å². The first-order valence-corrected chi connectivity index (χ1v) is 9.53. The average Bonchev–Trinajstić information content (AvgIpc) is 2.66. The number of benzene rings is 2. The summed E-state index contributed by atoms with van der Waals surface area (Å²) in [6.45, 7) is 2.18. The Balaban J connectivity index is 2.01. The van der Waals surface area contributed by atoms with E-state index in [9.17, 15) is 14.4 Å². The zero-order chi connectivity index (χ0) is 21.2. The van der Waals surface area contributed by atoms with E-state index in [1.807, 2.05) is 43.3 Å². The number of nitrogens with one attached hydrogen (secondary N) is 2. The van der Waals surface area contributed by atoms with E-state index in [0.717, 1.165) is 16.8 Å². The molecule has 0 aliphatic rings. The molecule has 154 valence electrons. The van der Waals surface area contributed by atoms with Gasteiger partial charge >= 0.3 is 5.97 Å². The van der Waals surface area contributed by atoms with Crippen LogP contribution in [0.3, 0.4) is 0 Å². The highest BCUT2D eigenvalue weighted by Crippen LogP contribution is 2.19. The van der Waals surface area contributed by atoms with Crippen molar-refractivity contribution in [2.75, 3.05) is 24.5 Å². The quantitative estimate of drug-likeness (QED) is 0.551. The summed E-state index contributed by atoms with van der Waals surface area (Å²) in [6.07, 6.45) is -0.157. The Morgan fingerprint density at radius 3 is 2.34 bits per heavy atom. The number of hydrogen-bond donors (Lipinski definition) is 3. The summed E-state index contributed by atoms with van der Waals surface area (Å²) in [7, 11) is 0. The van der Waals surface area contributed by atoms with Gasteiger partial charge in [-0.25, -0.2) is 0 Å². The number of carboxylic acids is 1. The van der Waals surface area contributed by atoms with Crippen molar-refractivity contribution in [3.8, 4) is 0 Å². The number of anilines is 1. The molecule has 2 aromatic rings. The van der Waals surface area contributed by atoms with Crippen LogP contribution in [0.15, 0.2) is 48.5 Å². The molecule has 0 heterocycles. The van der Waals surface area contributed by atoms with Gasteiger partial charge in [0.05, 0.1) is 19.5 Å². The van der Waals surface area contributed by atoms with Crippen LogP contribution in [0, 0.1) is 6.92 Å². The van der Waals surface area contributed by atoms with Crippen molar-refractivity contribution in [3.63, 3.8) is 0 Å². The number of amides is 2. The molecule has 3 N–H and O–H groups in total. The highest BCUT2D eigenvalue weighted by atomic mass is 35.5. The standard InChI is InChI=1S/C21H24ClN3O4/c1-15-5-2-3-8-18(15)25(13-19(26)23-10-9-21(28)29)14-20(27)24-12-16-6-4-7-17(22)11-16/h2-8,11H,9-10,12-14H2,1H3,(H,23,26)(H,24,27)(H,28,29). The summed E-state index contributed by atoms with van der Waals surface area (Å²) in [5, 5.41) is 14.7. The second kappa shape index (κ2) is 11.1. The molecule has 29 heavy (non-hydrogen) atoms. The van der Waals surface area contributed by atoms with Gasteiger partial charge in [0.15, 0.2) is 0 Å². The van der Waals surface area contributed by atoms with Crippen molar-refractivity contribution in [2.24, 2.45) is 0 Å². The second-order valence-electron chi connectivity index (χ2n) is 6.54. The van der Waals surface area contributed by atoms with E-state index in [2.05, 4.69) is 10.6 Å². The number of carbonyl (C=O) groups is 3. The number of aryl methyl sites for hydroxylation is 1. The highest BCUT2D eigenvalue weighted by molar-refractivity contribution is 6.30. The van der Waals surface area contributed by atoms with Crippen molar-refractivity contribution in [1.82, 2.24) is 10.6 Å². The van der Waals surface area contributed by atoms with Crippen LogP contribution in [0.2, 0.25) is 5.02 Å². The highest BCUT2D eigenvalue weighted by Gasteiger charge is 2.17. The number of aliphatic carboxylic acids is 1. The number of rotatable bonds is 10. The summed E-state index contributed by atoms with van der Waals surface area (Å²) in [5.74, 6) is -1.58. The van der Waals surface area contributed by atoms with E-state index in [1.165, 1.54) is 0 Å². The van der Waals surface area contributed by atoms with Gasteiger partial charge in [-0.05, 0) is 36.2 Å². The summed E-state index contributed by atoms with van der Waals surface area (Å²) < 4.78 is 0. The molecule has 0 saturated carbocycles. The molecule has 0 saturated heterocycles. The first kappa shape index (κ1) is 22.2. The fraction of sp³-hybridized carbons (Fsp3) is 0.286. The van der Waals surface area contributed by atoms with Crippen LogP contribution in [0.5, 0.6) is 0 Å². The minimum Gasteiger partial charge on any atom is -0.481 e. The summed E-state index contributed by atoms with van der Waals surface area (Å²) in [4.78, 5) is 37.0. The lowest BCUT2D eigenvalue weighted by Crippen LogP contribution is -2.43. The van der Waals surface area contributed by atoms with Gasteiger partial charge in [-0.15, -0.1) is 0 Å². The third kappa shape index (κ3) is 7.83. The first-order chi connectivity index (χ1) is 13.8. The maximum atomic E-state index is 12.5. The average molecular weight is 418 g/mol. The zero-order valence-electron chi connectivity index (χ0n) is 16.2. The molecule has 0 aliphatic carbocycles. The van der Waals surface area contributed by atoms with E-state index in [1.54, 1.807) is 17.0 Å². The molecule has 0 spiro atoms. The number of hydrogen-bond acceptors (Lipinski definition) is 4. The molecule has 0 atom stereocenters. The second-order valence-corrected chi connectivity index (χ2v) is 6.98. The molecule has 2 aromatic carbocycles. The maximum Gasteiger partial charge on any atom is 0.305 e. The van der Waals surface area contributed by atoms with Gasteiger partial charge in [-0.2, -0.15) is 0 Å². The molecule has 8 heteroatoms. The third-order valence-electron chi connectivity index (χ3n) is 4.16. The fourth-order valence-electron chi connectivity index (χ4n) is 2.76. The summed E-state index contributed by atoms with van der Waals surface area (Å²) in [6, 6.07) is 14.7. The van der Waals surface area contributed by atoms with E-state index in [-0.39, 0.29) is 37.9 Å². The molecule has 0 fully saturated rings. The smallest absolute Gasteiger partial charge is 0.305 e. The third-order valence-corrected chi connectivity index (χ3v) is 4.40. The van der Waals surface area contributed by atoms with Crippen molar-refractivity contribution in [1.29, 1.82) is 0 Å². The SMILES string of the molecule is Cc1ccccc1N(CC(=O)NCCC(=O)O)CC(=O)NCc1cccc(Cl)c1. The van der Waals surface area contributed by atoms with E-state index < -0.39 is 5.97 Å². The Morgan fingerprint density at radius 2 is 1.69 bits per heavy atom. The molecule has 2 rings (SSSR count). The van der Waals surface area contributed by atoms with Crippen LogP contribution in [-0.2, 0) is 20.9 Å². The van der Waals surface area contributed by atoms with Gasteiger partial charge in [0, 0.05) is 23.8 Å². The topological polar surface area (TPSA) is 98.7 Å². The fourth-order valence-corrected chi connectivity index (χ4v) is 2.97. The van der Waals surface area contributed by atoms with E-state index >= 15 is 0 Å². The lowest BCUT2D eigenvalue weighted by molar-refractivity contribution is -0.136. The lowest BCUT2D eigenvalue weighted by Gasteiger charge is -2.25. The number of carbonyl (C=O) groups excluding carboxylic acids is 2. The van der Waals surface area contributed by atoms with Crippen molar-refractivity contribution in [3.05, 3.63) is 64.7 Å². The molecular weight excluding hydrogens is 394 g/mol. The van der Waals surface area contributed by atoms with Crippen LogP contribution >= 0.6 is 11.6 Å². The predicted molar refractivity (Wildman–Crippen MR) is 112 cm³/mol. The Labute approximate surface area is 174 Å². The molecule has 0 unspecified atom stereocenters. The summed E-state index contributed by atoms with van der Waals surface area (Å²) in [5.41, 5.74) is 2.56. The van der Waals surface area contributed by atoms with Gasteiger partial charge in [0.2, 0.25) is 11.8 Å². The van der Waals surface area contributed by atoms with Gasteiger partial charge in [0.1, 0.15) is 0 Å². The Morgan fingerprint density at radius 1 is 1.00 bits per heavy atom. The van der Waals surface area contributed by atoms with Crippen molar-refractivity contribution in [2.45, 2.75) is 19.9 Å². The van der Waals surface area contributed by atoms with Crippen LogP contribution in [0.4, 0.5) is 5.69 Å². The first-order valence-electron chi connectivity index (χ1n) is 9.15. The number of nitrogens with zero attached hydrogens (tertiary/aromatic N) is 1. The van der Waals surface area contributed by atoms with Crippen LogP contribution < -0.4 is 15.5 Å². The van der Waals surface area contributed by atoms with E-state index in [4.69, 9.17) is 16.7 Å². The van der Waals surface area contributed by atoms with Crippen LogP contribution in [0.1, 0.15) is 17.5 Å².